The summed E-state index contributed by atoms with van der Waals surface area (Å²) < 4.78 is 9.83. The molecule has 0 saturated carbocycles. The number of esters is 1. The summed E-state index contributed by atoms with van der Waals surface area (Å²) in [6.45, 7) is 1.17. The van der Waals surface area contributed by atoms with Gasteiger partial charge in [-0.05, 0) is 24.1 Å². The van der Waals surface area contributed by atoms with Crippen molar-refractivity contribution in [1.29, 1.82) is 0 Å². The number of benzene rings is 1. The van der Waals surface area contributed by atoms with E-state index < -0.39 is 5.97 Å². The summed E-state index contributed by atoms with van der Waals surface area (Å²) in [4.78, 5) is 22.7. The van der Waals surface area contributed by atoms with Crippen molar-refractivity contribution in [2.75, 3.05) is 20.3 Å². The van der Waals surface area contributed by atoms with Crippen molar-refractivity contribution in [3.05, 3.63) is 29.8 Å². The van der Waals surface area contributed by atoms with Crippen LogP contribution in [0.25, 0.3) is 0 Å². The summed E-state index contributed by atoms with van der Waals surface area (Å²) in [5, 5.41) is 1.61. The monoisotopic (exact) mass is 278 g/mol. The first-order valence-electron chi connectivity index (χ1n) is 6.51. The van der Waals surface area contributed by atoms with Gasteiger partial charge in [-0.1, -0.05) is 12.1 Å². The molecule has 6 heteroatoms. The highest BCUT2D eigenvalue weighted by molar-refractivity contribution is 5.76. The van der Waals surface area contributed by atoms with Gasteiger partial charge < -0.3 is 9.47 Å². The van der Waals surface area contributed by atoms with Gasteiger partial charge >= 0.3 is 5.97 Å². The first-order chi connectivity index (χ1) is 9.69. The van der Waals surface area contributed by atoms with E-state index in [-0.39, 0.29) is 12.5 Å². The molecule has 1 heterocycles. The molecule has 1 amide bonds. The molecule has 0 unspecified atom stereocenters. The highest BCUT2D eigenvalue weighted by atomic mass is 16.6. The van der Waals surface area contributed by atoms with Gasteiger partial charge in [0.1, 0.15) is 5.75 Å². The lowest BCUT2D eigenvalue weighted by atomic mass is 10.2. The normalized spacial score (nSPS) is 15.1. The van der Waals surface area contributed by atoms with Crippen LogP contribution < -0.4 is 10.2 Å². The molecule has 108 valence electrons. The number of ether oxygens (including phenoxy) is 2. The second kappa shape index (κ2) is 6.91. The van der Waals surface area contributed by atoms with Crippen molar-refractivity contribution in [2.24, 2.45) is 0 Å². The van der Waals surface area contributed by atoms with Crippen molar-refractivity contribution < 1.29 is 19.1 Å². The van der Waals surface area contributed by atoms with Crippen LogP contribution in [0.4, 0.5) is 0 Å². The van der Waals surface area contributed by atoms with E-state index in [9.17, 15) is 9.59 Å². The summed E-state index contributed by atoms with van der Waals surface area (Å²) in [6.07, 6.45) is 1.45. The second-order valence-corrected chi connectivity index (χ2v) is 4.50. The van der Waals surface area contributed by atoms with Crippen LogP contribution in [0.2, 0.25) is 0 Å². The minimum Gasteiger partial charge on any atom is -0.482 e. The zero-order valence-electron chi connectivity index (χ0n) is 11.4. The average Bonchev–Trinajstić information content (AvgIpc) is 2.47. The summed E-state index contributed by atoms with van der Waals surface area (Å²) in [7, 11) is 1.32. The molecular formula is C14H18N2O4. The van der Waals surface area contributed by atoms with E-state index in [1.807, 2.05) is 18.2 Å². The predicted octanol–water partition coefficient (Wildman–Crippen LogP) is 0.865. The van der Waals surface area contributed by atoms with Gasteiger partial charge in [0.05, 0.1) is 13.7 Å². The molecule has 1 aliphatic rings. The van der Waals surface area contributed by atoms with Gasteiger partial charge in [0.25, 0.3) is 0 Å². The Balaban J connectivity index is 1.95. The molecule has 1 N–H and O–H groups in total. The highest BCUT2D eigenvalue weighted by Crippen LogP contribution is 2.16. The minimum atomic E-state index is -0.428. The fraction of sp³-hybridized carbons (Fsp3) is 0.429. The fourth-order valence-electron chi connectivity index (χ4n) is 1.94. The van der Waals surface area contributed by atoms with Crippen LogP contribution in [0.15, 0.2) is 24.3 Å². The SMILES string of the molecule is COC(=O)COc1cccc(CN2NCCCC2=O)c1. The standard InChI is InChI=1S/C14H18N2O4/c1-19-14(18)10-20-12-5-2-4-11(8-12)9-16-13(17)6-3-7-15-16/h2,4-5,8,15H,3,6-7,9-10H2,1H3. The third-order valence-corrected chi connectivity index (χ3v) is 2.99. The van der Waals surface area contributed by atoms with E-state index in [0.717, 1.165) is 18.5 Å². The molecule has 0 aliphatic carbocycles. The fourth-order valence-corrected chi connectivity index (χ4v) is 1.94. The van der Waals surface area contributed by atoms with E-state index in [1.165, 1.54) is 7.11 Å². The van der Waals surface area contributed by atoms with Gasteiger partial charge in [-0.25, -0.2) is 10.2 Å². The summed E-state index contributed by atoms with van der Waals surface area (Å²) >= 11 is 0. The zero-order valence-corrected chi connectivity index (χ0v) is 11.4. The Labute approximate surface area is 117 Å². The molecule has 0 atom stereocenters. The smallest absolute Gasteiger partial charge is 0.343 e. The van der Waals surface area contributed by atoms with Crippen LogP contribution in [0.3, 0.4) is 0 Å². The van der Waals surface area contributed by atoms with E-state index in [1.54, 1.807) is 11.1 Å². The molecule has 0 radical (unpaired) electrons. The Morgan fingerprint density at radius 3 is 3.05 bits per heavy atom. The minimum absolute atomic E-state index is 0.0946. The molecule has 1 aliphatic heterocycles. The first-order valence-corrected chi connectivity index (χ1v) is 6.51. The number of nitrogens with one attached hydrogen (secondary N) is 1. The largest absolute Gasteiger partial charge is 0.482 e. The Kier molecular flexibility index (Phi) is 4.95. The lowest BCUT2D eigenvalue weighted by molar-refractivity contribution is -0.143. The van der Waals surface area contributed by atoms with Gasteiger partial charge in [-0.15, -0.1) is 0 Å². The number of carbonyl (C=O) groups is 2. The van der Waals surface area contributed by atoms with Gasteiger partial charge in [0.2, 0.25) is 5.91 Å². The Morgan fingerprint density at radius 1 is 1.45 bits per heavy atom. The number of nitrogens with zero attached hydrogens (tertiary/aromatic N) is 1. The molecule has 1 saturated heterocycles. The number of hydrogen-bond donors (Lipinski definition) is 1. The molecule has 0 bridgehead atoms. The number of rotatable bonds is 5. The van der Waals surface area contributed by atoms with Crippen molar-refractivity contribution in [3.8, 4) is 5.75 Å². The van der Waals surface area contributed by atoms with Crippen molar-refractivity contribution in [2.45, 2.75) is 19.4 Å². The Bertz CT molecular complexity index is 490. The number of methoxy groups -OCH3 is 1. The van der Waals surface area contributed by atoms with Gasteiger partial charge in [-0.3, -0.25) is 9.80 Å². The van der Waals surface area contributed by atoms with Crippen LogP contribution in [0.5, 0.6) is 5.75 Å². The van der Waals surface area contributed by atoms with Crippen molar-refractivity contribution in [3.63, 3.8) is 0 Å². The number of amides is 1. The van der Waals surface area contributed by atoms with Crippen LogP contribution in [-0.2, 0) is 20.9 Å². The van der Waals surface area contributed by atoms with E-state index in [4.69, 9.17) is 4.74 Å². The lowest BCUT2D eigenvalue weighted by Crippen LogP contribution is -2.46. The summed E-state index contributed by atoms with van der Waals surface area (Å²) in [6, 6.07) is 7.31. The zero-order chi connectivity index (χ0) is 14.4. The van der Waals surface area contributed by atoms with Crippen molar-refractivity contribution in [1.82, 2.24) is 10.4 Å². The molecule has 1 aromatic carbocycles. The molecule has 1 fully saturated rings. The number of hydrogen-bond acceptors (Lipinski definition) is 5. The molecule has 2 rings (SSSR count). The topological polar surface area (TPSA) is 67.9 Å². The third-order valence-electron chi connectivity index (χ3n) is 2.99. The summed E-state index contributed by atoms with van der Waals surface area (Å²) in [5.41, 5.74) is 4.00. The first kappa shape index (κ1) is 14.3. The van der Waals surface area contributed by atoms with E-state index in [0.29, 0.717) is 18.7 Å². The molecular weight excluding hydrogens is 260 g/mol. The Hall–Kier alpha value is -2.08. The summed E-state index contributed by atoms with van der Waals surface area (Å²) in [5.74, 6) is 0.248. The Morgan fingerprint density at radius 2 is 2.30 bits per heavy atom. The molecule has 1 aromatic rings. The van der Waals surface area contributed by atoms with Crippen LogP contribution in [0.1, 0.15) is 18.4 Å². The second-order valence-electron chi connectivity index (χ2n) is 4.50. The van der Waals surface area contributed by atoms with Crippen LogP contribution >= 0.6 is 0 Å². The maximum absolute atomic E-state index is 11.7. The van der Waals surface area contributed by atoms with E-state index in [2.05, 4.69) is 10.2 Å². The highest BCUT2D eigenvalue weighted by Gasteiger charge is 2.17. The number of hydrazine groups is 1. The molecule has 0 spiro atoms. The van der Waals surface area contributed by atoms with Gasteiger partial charge in [-0.2, -0.15) is 0 Å². The van der Waals surface area contributed by atoms with Crippen LogP contribution in [-0.4, -0.2) is 37.1 Å². The molecule has 0 aromatic heterocycles. The van der Waals surface area contributed by atoms with Gasteiger partial charge in [0, 0.05) is 13.0 Å². The molecule has 20 heavy (non-hydrogen) atoms. The maximum atomic E-state index is 11.7. The quantitative estimate of drug-likeness (QED) is 0.809. The van der Waals surface area contributed by atoms with Crippen molar-refractivity contribution >= 4 is 11.9 Å². The average molecular weight is 278 g/mol. The third kappa shape index (κ3) is 3.96. The predicted molar refractivity (Wildman–Crippen MR) is 71.7 cm³/mol. The van der Waals surface area contributed by atoms with Gasteiger partial charge in [0.15, 0.2) is 6.61 Å². The molecule has 6 nitrogen and oxygen atoms in total. The lowest BCUT2D eigenvalue weighted by Gasteiger charge is -2.27. The maximum Gasteiger partial charge on any atom is 0.343 e. The van der Waals surface area contributed by atoms with E-state index >= 15 is 0 Å². The number of carbonyl (C=O) groups excluding carboxylic acids is 2. The van der Waals surface area contributed by atoms with Crippen LogP contribution in [0, 0.1) is 0 Å².